The third kappa shape index (κ3) is 1.23. The minimum Gasteiger partial charge on any atom is -0.322 e. The average Bonchev–Trinajstić information content (AvgIpc) is 2.64. The van der Waals surface area contributed by atoms with Crippen molar-refractivity contribution in [2.24, 2.45) is 7.05 Å². The van der Waals surface area contributed by atoms with Gasteiger partial charge in [0.1, 0.15) is 11.0 Å². The van der Waals surface area contributed by atoms with Gasteiger partial charge in [-0.05, 0) is 13.0 Å². The maximum atomic E-state index is 5.89. The second kappa shape index (κ2) is 3.07. The first-order chi connectivity index (χ1) is 5.79. The van der Waals surface area contributed by atoms with Crippen molar-refractivity contribution in [3.8, 4) is 0 Å². The molecule has 0 spiro atoms. The van der Waals surface area contributed by atoms with Crippen LogP contribution < -0.4 is 5.32 Å². The van der Waals surface area contributed by atoms with Crippen LogP contribution in [-0.2, 0) is 7.05 Å². The van der Waals surface area contributed by atoms with Gasteiger partial charge in [0, 0.05) is 19.5 Å². The first-order valence-corrected chi connectivity index (χ1v) is 4.54. The van der Waals surface area contributed by atoms with Gasteiger partial charge >= 0.3 is 0 Å². The lowest BCUT2D eigenvalue weighted by Gasteiger charge is -2.07. The standard InChI is InChI=1S/C8H12ClN3/c1-12-7(9)5-11-8(12)6-2-3-10-4-6/h5-6,10H,2-4H2,1H3. The van der Waals surface area contributed by atoms with Crippen LogP contribution in [0.4, 0.5) is 0 Å². The number of nitrogens with one attached hydrogen (secondary N) is 1. The van der Waals surface area contributed by atoms with Crippen LogP contribution in [0.5, 0.6) is 0 Å². The summed E-state index contributed by atoms with van der Waals surface area (Å²) in [4.78, 5) is 4.29. The minimum absolute atomic E-state index is 0.544. The Bertz CT molecular complexity index is 276. The molecule has 2 heterocycles. The zero-order valence-corrected chi connectivity index (χ0v) is 7.80. The number of hydrogen-bond donors (Lipinski definition) is 1. The quantitative estimate of drug-likeness (QED) is 0.712. The fourth-order valence-corrected chi connectivity index (χ4v) is 1.79. The third-order valence-corrected chi connectivity index (χ3v) is 2.74. The normalized spacial score (nSPS) is 23.3. The van der Waals surface area contributed by atoms with Gasteiger partial charge < -0.3 is 9.88 Å². The van der Waals surface area contributed by atoms with E-state index in [1.165, 1.54) is 6.42 Å². The zero-order chi connectivity index (χ0) is 8.55. The molecule has 0 amide bonds. The molecule has 4 heteroatoms. The second-order valence-electron chi connectivity index (χ2n) is 3.19. The lowest BCUT2D eigenvalue weighted by Crippen LogP contribution is -2.11. The smallest absolute Gasteiger partial charge is 0.128 e. The van der Waals surface area contributed by atoms with Gasteiger partial charge in [-0.25, -0.2) is 4.98 Å². The van der Waals surface area contributed by atoms with Crippen molar-refractivity contribution in [1.82, 2.24) is 14.9 Å². The Hall–Kier alpha value is -0.540. The number of nitrogens with zero attached hydrogens (tertiary/aromatic N) is 2. The van der Waals surface area contributed by atoms with Crippen molar-refractivity contribution in [3.05, 3.63) is 17.2 Å². The largest absolute Gasteiger partial charge is 0.322 e. The molecule has 1 unspecified atom stereocenters. The van der Waals surface area contributed by atoms with Gasteiger partial charge in [-0.3, -0.25) is 0 Å². The van der Waals surface area contributed by atoms with Crippen LogP contribution in [0, 0.1) is 0 Å². The van der Waals surface area contributed by atoms with Gasteiger partial charge in [0.2, 0.25) is 0 Å². The van der Waals surface area contributed by atoms with E-state index in [9.17, 15) is 0 Å². The summed E-state index contributed by atoms with van der Waals surface area (Å²) < 4.78 is 1.96. The Kier molecular flexibility index (Phi) is 2.07. The van der Waals surface area contributed by atoms with Gasteiger partial charge in [0.05, 0.1) is 6.20 Å². The van der Waals surface area contributed by atoms with Crippen molar-refractivity contribution in [2.45, 2.75) is 12.3 Å². The molecule has 3 nitrogen and oxygen atoms in total. The highest BCUT2D eigenvalue weighted by Gasteiger charge is 2.20. The van der Waals surface area contributed by atoms with E-state index in [1.54, 1.807) is 6.20 Å². The first kappa shape index (κ1) is 8.08. The van der Waals surface area contributed by atoms with Crippen molar-refractivity contribution in [1.29, 1.82) is 0 Å². The molecule has 66 valence electrons. The number of imidazole rings is 1. The molecular weight excluding hydrogens is 174 g/mol. The molecule has 2 rings (SSSR count). The highest BCUT2D eigenvalue weighted by molar-refractivity contribution is 6.29. The summed E-state index contributed by atoms with van der Waals surface area (Å²) in [5.41, 5.74) is 0. The van der Waals surface area contributed by atoms with Crippen LogP contribution >= 0.6 is 11.6 Å². The molecule has 1 aromatic heterocycles. The summed E-state index contributed by atoms with van der Waals surface area (Å²) in [5.74, 6) is 1.65. The molecule has 1 aliphatic heterocycles. The molecule has 0 bridgehead atoms. The second-order valence-corrected chi connectivity index (χ2v) is 3.58. The summed E-state index contributed by atoms with van der Waals surface area (Å²) in [6, 6.07) is 0. The van der Waals surface area contributed by atoms with E-state index in [0.29, 0.717) is 5.92 Å². The molecule has 0 aromatic carbocycles. The van der Waals surface area contributed by atoms with Crippen LogP contribution in [-0.4, -0.2) is 22.6 Å². The maximum Gasteiger partial charge on any atom is 0.128 e. The lowest BCUT2D eigenvalue weighted by molar-refractivity contribution is 0.660. The molecular formula is C8H12ClN3. The predicted molar refractivity (Wildman–Crippen MR) is 48.4 cm³/mol. The molecule has 0 aliphatic carbocycles. The Morgan fingerprint density at radius 2 is 2.58 bits per heavy atom. The SMILES string of the molecule is Cn1c(Cl)cnc1C1CCNC1. The Morgan fingerprint density at radius 3 is 3.08 bits per heavy atom. The molecule has 1 saturated heterocycles. The Labute approximate surface area is 76.7 Å². The lowest BCUT2D eigenvalue weighted by atomic mass is 10.1. The molecule has 1 aromatic rings. The molecule has 1 fully saturated rings. The van der Waals surface area contributed by atoms with Crippen LogP contribution in [0.15, 0.2) is 6.20 Å². The average molecular weight is 186 g/mol. The summed E-state index contributed by atoms with van der Waals surface area (Å²) in [7, 11) is 1.96. The van der Waals surface area contributed by atoms with Crippen LogP contribution in [0.2, 0.25) is 5.15 Å². The van der Waals surface area contributed by atoms with E-state index in [-0.39, 0.29) is 0 Å². The summed E-state index contributed by atoms with van der Waals surface area (Å²) in [6.45, 7) is 2.12. The number of rotatable bonds is 1. The topological polar surface area (TPSA) is 29.9 Å². The molecule has 0 saturated carbocycles. The zero-order valence-electron chi connectivity index (χ0n) is 7.05. The minimum atomic E-state index is 0.544. The molecule has 12 heavy (non-hydrogen) atoms. The van der Waals surface area contributed by atoms with Crippen molar-refractivity contribution in [2.75, 3.05) is 13.1 Å². The van der Waals surface area contributed by atoms with Gasteiger partial charge in [0.25, 0.3) is 0 Å². The highest BCUT2D eigenvalue weighted by atomic mass is 35.5. The van der Waals surface area contributed by atoms with Gasteiger partial charge in [0.15, 0.2) is 0 Å². The van der Waals surface area contributed by atoms with Crippen molar-refractivity contribution < 1.29 is 0 Å². The van der Waals surface area contributed by atoms with Crippen molar-refractivity contribution in [3.63, 3.8) is 0 Å². The predicted octanol–water partition coefficient (Wildman–Crippen LogP) is 1.15. The van der Waals surface area contributed by atoms with Gasteiger partial charge in [-0.1, -0.05) is 11.6 Å². The number of halogens is 1. The Morgan fingerprint density at radius 1 is 1.75 bits per heavy atom. The monoisotopic (exact) mass is 185 g/mol. The fraction of sp³-hybridized carbons (Fsp3) is 0.625. The molecule has 1 N–H and O–H groups in total. The van der Waals surface area contributed by atoms with Crippen LogP contribution in [0.3, 0.4) is 0 Å². The molecule has 1 aliphatic rings. The van der Waals surface area contributed by atoms with E-state index in [2.05, 4.69) is 10.3 Å². The number of aromatic nitrogens is 2. The van der Waals surface area contributed by atoms with E-state index in [0.717, 1.165) is 24.1 Å². The third-order valence-electron chi connectivity index (χ3n) is 2.39. The maximum absolute atomic E-state index is 5.89. The summed E-state index contributed by atoms with van der Waals surface area (Å²) in [6.07, 6.45) is 2.89. The van der Waals surface area contributed by atoms with Crippen LogP contribution in [0.1, 0.15) is 18.2 Å². The van der Waals surface area contributed by atoms with E-state index < -0.39 is 0 Å². The number of hydrogen-bond acceptors (Lipinski definition) is 2. The van der Waals surface area contributed by atoms with Gasteiger partial charge in [-0.2, -0.15) is 0 Å². The van der Waals surface area contributed by atoms with E-state index in [1.807, 2.05) is 11.6 Å². The Balaban J connectivity index is 2.26. The van der Waals surface area contributed by atoms with Gasteiger partial charge in [-0.15, -0.1) is 0 Å². The van der Waals surface area contributed by atoms with Crippen LogP contribution in [0.25, 0.3) is 0 Å². The fourth-order valence-electron chi connectivity index (χ4n) is 1.66. The van der Waals surface area contributed by atoms with Crippen molar-refractivity contribution >= 4 is 11.6 Å². The van der Waals surface area contributed by atoms with E-state index in [4.69, 9.17) is 11.6 Å². The summed E-state index contributed by atoms with van der Waals surface area (Å²) in [5, 5.41) is 4.03. The molecule has 0 radical (unpaired) electrons. The molecule has 1 atom stereocenters. The van der Waals surface area contributed by atoms with E-state index >= 15 is 0 Å². The highest BCUT2D eigenvalue weighted by Crippen LogP contribution is 2.22. The first-order valence-electron chi connectivity index (χ1n) is 4.17. The summed E-state index contributed by atoms with van der Waals surface area (Å²) >= 11 is 5.89.